The van der Waals surface area contributed by atoms with Crippen molar-refractivity contribution in [1.29, 1.82) is 0 Å². The molecule has 3 amide bonds. The van der Waals surface area contributed by atoms with Gasteiger partial charge in [0.05, 0.1) is 0 Å². The lowest BCUT2D eigenvalue weighted by Gasteiger charge is -2.20. The normalized spacial score (nSPS) is 37.7. The van der Waals surface area contributed by atoms with Crippen LogP contribution in [-0.2, 0) is 4.79 Å². The Morgan fingerprint density at radius 2 is 2.14 bits per heavy atom. The van der Waals surface area contributed by atoms with Crippen LogP contribution in [0.5, 0.6) is 0 Å². The number of carbonyl (C=O) groups excluding carboxylic acids is 2. The highest BCUT2D eigenvalue weighted by Gasteiger charge is 2.52. The molecule has 5 nitrogen and oxygen atoms in total. The molecule has 0 radical (unpaired) electrons. The van der Waals surface area contributed by atoms with Gasteiger partial charge >= 0.3 is 6.03 Å². The zero-order valence-corrected chi connectivity index (χ0v) is 7.88. The molecule has 3 aliphatic rings. The summed E-state index contributed by atoms with van der Waals surface area (Å²) < 4.78 is 0. The largest absolute Gasteiger partial charge is 0.322 e. The van der Waals surface area contributed by atoms with Gasteiger partial charge in [0, 0.05) is 19.1 Å². The van der Waals surface area contributed by atoms with E-state index in [1.165, 1.54) is 12.8 Å². The average molecular weight is 195 g/mol. The molecule has 2 saturated heterocycles. The van der Waals surface area contributed by atoms with Crippen LogP contribution >= 0.6 is 0 Å². The van der Waals surface area contributed by atoms with Crippen molar-refractivity contribution in [2.24, 2.45) is 0 Å². The molecule has 2 aliphatic heterocycles. The minimum atomic E-state index is -0.611. The SMILES string of the molecule is O=C1NC(=O)[C@@]2(CCN(C3CC3)C2)N1. The molecular weight excluding hydrogens is 182 g/mol. The molecule has 1 aliphatic carbocycles. The number of nitrogens with zero attached hydrogens (tertiary/aromatic N) is 1. The van der Waals surface area contributed by atoms with Gasteiger partial charge < -0.3 is 5.32 Å². The first-order valence-corrected chi connectivity index (χ1v) is 5.07. The molecule has 0 aromatic heterocycles. The van der Waals surface area contributed by atoms with Crippen LogP contribution in [-0.4, -0.2) is 41.5 Å². The zero-order chi connectivity index (χ0) is 9.76. The predicted octanol–water partition coefficient (Wildman–Crippen LogP) is -0.567. The van der Waals surface area contributed by atoms with Gasteiger partial charge in [-0.3, -0.25) is 15.0 Å². The van der Waals surface area contributed by atoms with Crippen molar-refractivity contribution in [2.45, 2.75) is 30.8 Å². The van der Waals surface area contributed by atoms with E-state index in [0.717, 1.165) is 13.0 Å². The number of hydrogen-bond acceptors (Lipinski definition) is 3. The van der Waals surface area contributed by atoms with Gasteiger partial charge in [0.15, 0.2) is 0 Å². The third-order valence-corrected chi connectivity index (χ3v) is 3.38. The molecule has 2 heterocycles. The summed E-state index contributed by atoms with van der Waals surface area (Å²) in [6.07, 6.45) is 3.23. The molecule has 0 aromatic rings. The molecule has 1 saturated carbocycles. The monoisotopic (exact) mass is 195 g/mol. The maximum Gasteiger partial charge on any atom is 0.322 e. The van der Waals surface area contributed by atoms with Crippen LogP contribution in [0.3, 0.4) is 0 Å². The van der Waals surface area contributed by atoms with Gasteiger partial charge in [-0.15, -0.1) is 0 Å². The number of imide groups is 1. The topological polar surface area (TPSA) is 61.4 Å². The van der Waals surface area contributed by atoms with Gasteiger partial charge in [0.1, 0.15) is 5.54 Å². The molecule has 2 N–H and O–H groups in total. The number of carbonyl (C=O) groups is 2. The second-order valence-electron chi connectivity index (χ2n) is 4.44. The smallest absolute Gasteiger partial charge is 0.322 e. The molecule has 3 rings (SSSR count). The quantitative estimate of drug-likeness (QED) is 0.551. The maximum absolute atomic E-state index is 11.6. The highest BCUT2D eigenvalue weighted by molar-refractivity contribution is 6.07. The highest BCUT2D eigenvalue weighted by atomic mass is 16.2. The van der Waals surface area contributed by atoms with Crippen molar-refractivity contribution in [1.82, 2.24) is 15.5 Å². The second kappa shape index (κ2) is 2.48. The fourth-order valence-electron chi connectivity index (χ4n) is 2.41. The first kappa shape index (κ1) is 8.23. The zero-order valence-electron chi connectivity index (χ0n) is 7.88. The Morgan fingerprint density at radius 1 is 1.36 bits per heavy atom. The van der Waals surface area contributed by atoms with Crippen molar-refractivity contribution in [3.63, 3.8) is 0 Å². The summed E-state index contributed by atoms with van der Waals surface area (Å²) in [6.45, 7) is 1.62. The lowest BCUT2D eigenvalue weighted by atomic mass is 10.00. The summed E-state index contributed by atoms with van der Waals surface area (Å²) in [5, 5.41) is 5.06. The van der Waals surface area contributed by atoms with Crippen LogP contribution in [0.2, 0.25) is 0 Å². The standard InChI is InChI=1S/C9H13N3O2/c13-7-9(11-8(14)10-7)3-4-12(5-9)6-1-2-6/h6H,1-5H2,(H2,10,11,13,14)/t9-/m0/s1. The summed E-state index contributed by atoms with van der Waals surface area (Å²) in [4.78, 5) is 24.9. The van der Waals surface area contributed by atoms with Crippen LogP contribution in [0, 0.1) is 0 Å². The highest BCUT2D eigenvalue weighted by Crippen LogP contribution is 2.34. The van der Waals surface area contributed by atoms with Crippen LogP contribution in [0.25, 0.3) is 0 Å². The molecule has 76 valence electrons. The van der Waals surface area contributed by atoms with E-state index in [2.05, 4.69) is 15.5 Å². The van der Waals surface area contributed by atoms with Crippen LogP contribution in [0.15, 0.2) is 0 Å². The van der Waals surface area contributed by atoms with Gasteiger partial charge in [-0.05, 0) is 19.3 Å². The summed E-state index contributed by atoms with van der Waals surface area (Å²) >= 11 is 0. The second-order valence-corrected chi connectivity index (χ2v) is 4.44. The lowest BCUT2D eigenvalue weighted by Crippen LogP contribution is -2.49. The maximum atomic E-state index is 11.6. The lowest BCUT2D eigenvalue weighted by molar-refractivity contribution is -0.123. The van der Waals surface area contributed by atoms with Gasteiger partial charge in [-0.2, -0.15) is 0 Å². The number of rotatable bonds is 1. The number of amides is 3. The van der Waals surface area contributed by atoms with Gasteiger partial charge in [-0.25, -0.2) is 4.79 Å². The van der Waals surface area contributed by atoms with E-state index in [0.29, 0.717) is 12.6 Å². The first-order valence-electron chi connectivity index (χ1n) is 5.07. The summed E-state index contributed by atoms with van der Waals surface area (Å²) in [5.74, 6) is -0.148. The number of likely N-dealkylation sites (tertiary alicyclic amines) is 1. The molecule has 3 fully saturated rings. The minimum absolute atomic E-state index is 0.148. The Kier molecular flexibility index (Phi) is 1.45. The van der Waals surface area contributed by atoms with E-state index >= 15 is 0 Å². The Bertz CT molecular complexity index is 313. The Morgan fingerprint density at radius 3 is 2.71 bits per heavy atom. The fraction of sp³-hybridized carbons (Fsp3) is 0.778. The Hall–Kier alpha value is -1.10. The van der Waals surface area contributed by atoms with Crippen LogP contribution in [0.4, 0.5) is 4.79 Å². The van der Waals surface area contributed by atoms with E-state index in [1.54, 1.807) is 0 Å². The molecule has 0 unspecified atom stereocenters. The van der Waals surface area contributed by atoms with E-state index in [-0.39, 0.29) is 11.9 Å². The summed E-state index contributed by atoms with van der Waals surface area (Å²) in [5.41, 5.74) is -0.611. The number of hydrogen-bond donors (Lipinski definition) is 2. The van der Waals surface area contributed by atoms with Crippen molar-refractivity contribution in [3.8, 4) is 0 Å². The van der Waals surface area contributed by atoms with Gasteiger partial charge in [-0.1, -0.05) is 0 Å². The average Bonchev–Trinajstić information content (AvgIpc) is 2.83. The van der Waals surface area contributed by atoms with Crippen molar-refractivity contribution in [2.75, 3.05) is 13.1 Å². The molecule has 0 aromatic carbocycles. The molecule has 1 atom stereocenters. The van der Waals surface area contributed by atoms with Crippen LogP contribution < -0.4 is 10.6 Å². The molecule has 14 heavy (non-hydrogen) atoms. The van der Waals surface area contributed by atoms with E-state index in [9.17, 15) is 9.59 Å². The predicted molar refractivity (Wildman–Crippen MR) is 48.6 cm³/mol. The molecule has 0 bridgehead atoms. The van der Waals surface area contributed by atoms with Crippen molar-refractivity contribution in [3.05, 3.63) is 0 Å². The summed E-state index contributed by atoms with van der Waals surface area (Å²) in [7, 11) is 0. The Labute approximate surface area is 81.8 Å². The minimum Gasteiger partial charge on any atom is -0.322 e. The third-order valence-electron chi connectivity index (χ3n) is 3.38. The molecule has 5 heteroatoms. The van der Waals surface area contributed by atoms with Gasteiger partial charge in [0.25, 0.3) is 5.91 Å². The summed E-state index contributed by atoms with van der Waals surface area (Å²) in [6, 6.07) is 0.326. The van der Waals surface area contributed by atoms with E-state index in [1.807, 2.05) is 0 Å². The van der Waals surface area contributed by atoms with Crippen molar-refractivity contribution >= 4 is 11.9 Å². The number of nitrogens with one attached hydrogen (secondary N) is 2. The fourth-order valence-corrected chi connectivity index (χ4v) is 2.41. The molecule has 1 spiro atoms. The molecular formula is C9H13N3O2. The first-order chi connectivity index (χ1) is 6.70. The van der Waals surface area contributed by atoms with Gasteiger partial charge in [0.2, 0.25) is 0 Å². The Balaban J connectivity index is 1.78. The van der Waals surface area contributed by atoms with E-state index < -0.39 is 5.54 Å². The van der Waals surface area contributed by atoms with Crippen LogP contribution in [0.1, 0.15) is 19.3 Å². The number of urea groups is 1. The van der Waals surface area contributed by atoms with Crippen molar-refractivity contribution < 1.29 is 9.59 Å². The third kappa shape index (κ3) is 1.05. The van der Waals surface area contributed by atoms with E-state index in [4.69, 9.17) is 0 Å².